The number of carbonyl (C=O) groups is 1. The van der Waals surface area contributed by atoms with Gasteiger partial charge < -0.3 is 4.74 Å². The van der Waals surface area contributed by atoms with Crippen molar-refractivity contribution in [3.63, 3.8) is 0 Å². The molecule has 0 radical (unpaired) electrons. The predicted molar refractivity (Wildman–Crippen MR) is 86.4 cm³/mol. The van der Waals surface area contributed by atoms with Crippen LogP contribution in [0.25, 0.3) is 0 Å². The number of anilines is 1. The number of hydrogen-bond donors (Lipinski definition) is 1. The highest BCUT2D eigenvalue weighted by Gasteiger charge is 2.11. The Morgan fingerprint density at radius 3 is 2.95 bits per heavy atom. The van der Waals surface area contributed by atoms with Gasteiger partial charge in [-0.25, -0.2) is 0 Å². The Balaban J connectivity index is 1.99. The number of nitrogens with one attached hydrogen (secondary N) is 1. The van der Waals surface area contributed by atoms with E-state index >= 15 is 0 Å². The third-order valence-electron chi connectivity index (χ3n) is 2.50. The van der Waals surface area contributed by atoms with Crippen molar-refractivity contribution >= 4 is 34.1 Å². The lowest BCUT2D eigenvalue weighted by molar-refractivity contribution is 0.102. The summed E-state index contributed by atoms with van der Waals surface area (Å²) >= 11 is 3.04. The molecule has 2 aromatic rings. The smallest absolute Gasteiger partial charge is 0.257 e. The molecule has 0 unspecified atom stereocenters. The predicted octanol–water partition coefficient (Wildman–Crippen LogP) is 3.55. The van der Waals surface area contributed by atoms with Crippen LogP contribution >= 0.6 is 23.1 Å². The molecular weight excluding hydrogens is 306 g/mol. The number of benzene rings is 1. The van der Waals surface area contributed by atoms with Gasteiger partial charge in [-0.3, -0.25) is 10.1 Å². The number of hydrogen-bond acceptors (Lipinski definition) is 6. The van der Waals surface area contributed by atoms with E-state index < -0.39 is 0 Å². The van der Waals surface area contributed by atoms with Crippen molar-refractivity contribution in [3.05, 3.63) is 29.8 Å². The second-order valence-corrected chi connectivity index (χ2v) is 7.01. The van der Waals surface area contributed by atoms with E-state index in [9.17, 15) is 4.79 Å². The summed E-state index contributed by atoms with van der Waals surface area (Å²) in [5.74, 6) is 2.01. The Morgan fingerprint density at radius 1 is 1.43 bits per heavy atom. The normalized spacial score (nSPS) is 10.7. The van der Waals surface area contributed by atoms with E-state index in [1.165, 1.54) is 11.3 Å². The molecule has 1 aromatic carbocycles. The number of ether oxygens (including phenoxy) is 1. The first-order valence-corrected chi connectivity index (χ1v) is 8.30. The Kier molecular flexibility index (Phi) is 5.58. The van der Waals surface area contributed by atoms with Crippen LogP contribution in [0.1, 0.15) is 24.2 Å². The van der Waals surface area contributed by atoms with Crippen molar-refractivity contribution in [1.29, 1.82) is 0 Å². The molecule has 1 N–H and O–H groups in total. The van der Waals surface area contributed by atoms with Crippen molar-refractivity contribution in [2.24, 2.45) is 5.92 Å². The molecule has 7 heteroatoms. The first kappa shape index (κ1) is 15.8. The molecule has 5 nitrogen and oxygen atoms in total. The fraction of sp³-hybridized carbons (Fsp3) is 0.357. The zero-order valence-corrected chi connectivity index (χ0v) is 13.8. The highest BCUT2D eigenvalue weighted by molar-refractivity contribution is 8.01. The molecule has 1 heterocycles. The van der Waals surface area contributed by atoms with Gasteiger partial charge in [-0.05, 0) is 24.1 Å². The second kappa shape index (κ2) is 7.42. The van der Waals surface area contributed by atoms with Crippen LogP contribution in [-0.2, 0) is 0 Å². The number of nitrogens with zero attached hydrogens (tertiary/aromatic N) is 2. The van der Waals surface area contributed by atoms with Gasteiger partial charge in [0.05, 0.1) is 7.11 Å². The molecule has 0 atom stereocenters. The van der Waals surface area contributed by atoms with Gasteiger partial charge >= 0.3 is 0 Å². The average Bonchev–Trinajstić information content (AvgIpc) is 2.92. The minimum atomic E-state index is -0.217. The lowest BCUT2D eigenvalue weighted by atomic mass is 10.2. The third kappa shape index (κ3) is 4.71. The van der Waals surface area contributed by atoms with Crippen molar-refractivity contribution in [1.82, 2.24) is 10.2 Å². The molecule has 1 amide bonds. The lowest BCUT2D eigenvalue weighted by Gasteiger charge is -2.03. The van der Waals surface area contributed by atoms with Crippen molar-refractivity contribution in [2.45, 2.75) is 18.2 Å². The van der Waals surface area contributed by atoms with Gasteiger partial charge in [0.1, 0.15) is 5.75 Å². The highest BCUT2D eigenvalue weighted by atomic mass is 32.2. The molecule has 0 saturated carbocycles. The summed E-state index contributed by atoms with van der Waals surface area (Å²) in [5, 5.41) is 11.3. The van der Waals surface area contributed by atoms with Gasteiger partial charge in [0.25, 0.3) is 5.91 Å². The molecule has 0 bridgehead atoms. The Morgan fingerprint density at radius 2 is 2.24 bits per heavy atom. The topological polar surface area (TPSA) is 64.1 Å². The Hall–Kier alpha value is -1.60. The summed E-state index contributed by atoms with van der Waals surface area (Å²) in [5.41, 5.74) is 0.529. The quantitative estimate of drug-likeness (QED) is 0.650. The summed E-state index contributed by atoms with van der Waals surface area (Å²) in [6.45, 7) is 4.30. The largest absolute Gasteiger partial charge is 0.497 e. The molecule has 0 fully saturated rings. The monoisotopic (exact) mass is 323 g/mol. The van der Waals surface area contributed by atoms with E-state index in [4.69, 9.17) is 4.74 Å². The number of thioether (sulfide) groups is 1. The van der Waals surface area contributed by atoms with Crippen molar-refractivity contribution < 1.29 is 9.53 Å². The molecule has 0 aliphatic rings. The maximum atomic E-state index is 12.1. The maximum Gasteiger partial charge on any atom is 0.257 e. The average molecular weight is 323 g/mol. The van der Waals surface area contributed by atoms with Gasteiger partial charge in [-0.2, -0.15) is 0 Å². The van der Waals surface area contributed by atoms with E-state index in [1.54, 1.807) is 43.1 Å². The van der Waals surface area contributed by atoms with E-state index in [2.05, 4.69) is 29.4 Å². The first-order valence-electron chi connectivity index (χ1n) is 6.50. The van der Waals surface area contributed by atoms with Gasteiger partial charge in [0.15, 0.2) is 4.34 Å². The second-order valence-electron chi connectivity index (χ2n) is 4.76. The summed E-state index contributed by atoms with van der Waals surface area (Å²) in [6, 6.07) is 6.98. The van der Waals surface area contributed by atoms with Crippen LogP contribution in [0.4, 0.5) is 5.13 Å². The van der Waals surface area contributed by atoms with Crippen molar-refractivity contribution in [3.8, 4) is 5.75 Å². The number of aromatic nitrogens is 2. The standard InChI is InChI=1S/C14H17N3O2S2/c1-9(2)8-20-14-17-16-13(21-14)15-12(18)10-5-4-6-11(7-10)19-3/h4-7,9H,8H2,1-3H3,(H,15,16,18). The number of carbonyl (C=O) groups excluding carboxylic acids is 1. The van der Waals surface area contributed by atoms with Crippen LogP contribution in [0, 0.1) is 5.92 Å². The highest BCUT2D eigenvalue weighted by Crippen LogP contribution is 2.27. The maximum absolute atomic E-state index is 12.1. The zero-order valence-electron chi connectivity index (χ0n) is 12.1. The molecule has 0 aliphatic heterocycles. The van der Waals surface area contributed by atoms with Gasteiger partial charge in [-0.15, -0.1) is 10.2 Å². The molecule has 0 aliphatic carbocycles. The van der Waals surface area contributed by atoms with E-state index in [0.29, 0.717) is 22.4 Å². The molecule has 0 spiro atoms. The molecule has 1 aromatic heterocycles. The summed E-state index contributed by atoms with van der Waals surface area (Å²) in [4.78, 5) is 12.1. The molecule has 2 rings (SSSR count). The molecular formula is C14H17N3O2S2. The summed E-state index contributed by atoms with van der Waals surface area (Å²) in [6.07, 6.45) is 0. The summed E-state index contributed by atoms with van der Waals surface area (Å²) < 4.78 is 5.97. The Bertz CT molecular complexity index is 614. The summed E-state index contributed by atoms with van der Waals surface area (Å²) in [7, 11) is 1.57. The number of rotatable bonds is 6. The van der Waals surface area contributed by atoms with Crippen LogP contribution in [0.15, 0.2) is 28.6 Å². The van der Waals surface area contributed by atoms with Crippen LogP contribution < -0.4 is 10.1 Å². The minimum absolute atomic E-state index is 0.217. The van der Waals surface area contributed by atoms with Crippen LogP contribution in [0.2, 0.25) is 0 Å². The van der Waals surface area contributed by atoms with Crippen LogP contribution in [0.3, 0.4) is 0 Å². The van der Waals surface area contributed by atoms with E-state index in [1.807, 2.05) is 0 Å². The zero-order chi connectivity index (χ0) is 15.2. The SMILES string of the molecule is COc1cccc(C(=O)Nc2nnc(SCC(C)C)s2)c1. The van der Waals surface area contributed by atoms with Gasteiger partial charge in [0, 0.05) is 11.3 Å². The number of amides is 1. The van der Waals surface area contributed by atoms with E-state index in [0.717, 1.165) is 10.1 Å². The number of methoxy groups -OCH3 is 1. The minimum Gasteiger partial charge on any atom is -0.497 e. The fourth-order valence-corrected chi connectivity index (χ4v) is 3.21. The first-order chi connectivity index (χ1) is 10.1. The molecule has 21 heavy (non-hydrogen) atoms. The lowest BCUT2D eigenvalue weighted by Crippen LogP contribution is -2.11. The Labute approximate surface area is 132 Å². The van der Waals surface area contributed by atoms with Crippen LogP contribution in [0.5, 0.6) is 5.75 Å². The molecule has 112 valence electrons. The van der Waals surface area contributed by atoms with Gasteiger partial charge in [0.2, 0.25) is 5.13 Å². The van der Waals surface area contributed by atoms with Gasteiger partial charge in [-0.1, -0.05) is 43.0 Å². The third-order valence-corrected chi connectivity index (χ3v) is 4.90. The van der Waals surface area contributed by atoms with Crippen molar-refractivity contribution in [2.75, 3.05) is 18.2 Å². The fourth-order valence-electron chi connectivity index (χ4n) is 1.49. The molecule has 0 saturated heterocycles. The van der Waals surface area contributed by atoms with E-state index in [-0.39, 0.29) is 5.91 Å². The van der Waals surface area contributed by atoms with Crippen LogP contribution in [-0.4, -0.2) is 29.0 Å².